The number of hydrogen-bond acceptors (Lipinski definition) is 3. The van der Waals surface area contributed by atoms with Gasteiger partial charge in [-0.3, -0.25) is 4.79 Å². The fourth-order valence-corrected chi connectivity index (χ4v) is 2.95. The van der Waals surface area contributed by atoms with Gasteiger partial charge in [0.25, 0.3) is 0 Å². The zero-order valence-electron chi connectivity index (χ0n) is 11.1. The van der Waals surface area contributed by atoms with Crippen LogP contribution < -0.4 is 5.32 Å². The van der Waals surface area contributed by atoms with Crippen molar-refractivity contribution in [2.75, 3.05) is 6.61 Å². The summed E-state index contributed by atoms with van der Waals surface area (Å²) in [6, 6.07) is -0.0683. The van der Waals surface area contributed by atoms with Crippen molar-refractivity contribution in [3.8, 4) is 0 Å². The summed E-state index contributed by atoms with van der Waals surface area (Å²) in [5, 5.41) is 12.7. The molecule has 2 unspecified atom stereocenters. The second-order valence-electron chi connectivity index (χ2n) is 5.60. The second kappa shape index (κ2) is 7.10. The van der Waals surface area contributed by atoms with E-state index in [4.69, 9.17) is 4.74 Å². The highest BCUT2D eigenvalue weighted by Gasteiger charge is 2.24. The normalized spacial score (nSPS) is 30.1. The summed E-state index contributed by atoms with van der Waals surface area (Å²) in [4.78, 5) is 11.8. The number of rotatable bonds is 4. The molecular formula is C14H25NO3. The third-order valence-electron chi connectivity index (χ3n) is 4.08. The van der Waals surface area contributed by atoms with Crippen LogP contribution in [-0.2, 0) is 9.53 Å². The summed E-state index contributed by atoms with van der Waals surface area (Å²) in [6.45, 7) is 0.147. The molecule has 0 bridgehead atoms. The zero-order valence-corrected chi connectivity index (χ0v) is 11.1. The van der Waals surface area contributed by atoms with Crippen LogP contribution in [0, 0.1) is 0 Å². The van der Waals surface area contributed by atoms with Crippen LogP contribution in [0.2, 0.25) is 0 Å². The van der Waals surface area contributed by atoms with Gasteiger partial charge in [0, 0.05) is 0 Å². The number of nitrogens with one attached hydrogen (secondary N) is 1. The molecular weight excluding hydrogens is 230 g/mol. The van der Waals surface area contributed by atoms with Crippen LogP contribution in [0.25, 0.3) is 0 Å². The lowest BCUT2D eigenvalue weighted by atomic mass is 9.92. The summed E-state index contributed by atoms with van der Waals surface area (Å²) in [5.41, 5.74) is 0. The monoisotopic (exact) mass is 255 g/mol. The molecule has 0 heterocycles. The SMILES string of the molecule is O=C(COC1CCCCC1)NC1CCCCC1O. The van der Waals surface area contributed by atoms with Gasteiger partial charge < -0.3 is 15.2 Å². The van der Waals surface area contributed by atoms with Crippen LogP contribution in [0.3, 0.4) is 0 Å². The van der Waals surface area contributed by atoms with Gasteiger partial charge in [-0.1, -0.05) is 32.1 Å². The Hall–Kier alpha value is -0.610. The molecule has 4 nitrogen and oxygen atoms in total. The third-order valence-corrected chi connectivity index (χ3v) is 4.08. The Morgan fingerprint density at radius 3 is 2.44 bits per heavy atom. The zero-order chi connectivity index (χ0) is 12.8. The highest BCUT2D eigenvalue weighted by Crippen LogP contribution is 2.20. The molecule has 1 amide bonds. The Kier molecular flexibility index (Phi) is 5.45. The van der Waals surface area contributed by atoms with Crippen molar-refractivity contribution in [1.82, 2.24) is 5.32 Å². The Morgan fingerprint density at radius 1 is 1.06 bits per heavy atom. The van der Waals surface area contributed by atoms with E-state index in [0.717, 1.165) is 38.5 Å². The van der Waals surface area contributed by atoms with E-state index in [1.807, 2.05) is 0 Å². The van der Waals surface area contributed by atoms with Crippen LogP contribution in [0.4, 0.5) is 0 Å². The van der Waals surface area contributed by atoms with Crippen molar-refractivity contribution in [3.05, 3.63) is 0 Å². The topological polar surface area (TPSA) is 58.6 Å². The molecule has 4 heteroatoms. The average Bonchev–Trinajstić information content (AvgIpc) is 2.40. The molecule has 2 rings (SSSR count). The Bertz CT molecular complexity index is 264. The number of carbonyl (C=O) groups excluding carboxylic acids is 1. The molecule has 2 aliphatic rings. The Labute approximate surface area is 109 Å². The summed E-state index contributed by atoms with van der Waals surface area (Å²) in [5.74, 6) is -0.0773. The van der Waals surface area contributed by atoms with Gasteiger partial charge in [0.1, 0.15) is 6.61 Å². The van der Waals surface area contributed by atoms with Gasteiger partial charge >= 0.3 is 0 Å². The predicted octanol–water partition coefficient (Wildman–Crippen LogP) is 1.76. The molecule has 2 atom stereocenters. The lowest BCUT2D eigenvalue weighted by Crippen LogP contribution is -2.46. The molecule has 0 aromatic rings. The number of ether oxygens (including phenoxy) is 1. The number of aliphatic hydroxyl groups is 1. The quantitative estimate of drug-likeness (QED) is 0.804. The molecule has 0 aliphatic heterocycles. The van der Waals surface area contributed by atoms with Gasteiger partial charge in [-0.15, -0.1) is 0 Å². The summed E-state index contributed by atoms with van der Waals surface area (Å²) < 4.78 is 5.63. The number of aliphatic hydroxyl groups excluding tert-OH is 1. The van der Waals surface area contributed by atoms with Gasteiger partial charge in [-0.25, -0.2) is 0 Å². The minimum atomic E-state index is -0.377. The van der Waals surface area contributed by atoms with Crippen LogP contribution in [0.1, 0.15) is 57.8 Å². The molecule has 18 heavy (non-hydrogen) atoms. The van der Waals surface area contributed by atoms with Gasteiger partial charge in [-0.2, -0.15) is 0 Å². The van der Waals surface area contributed by atoms with Crippen molar-refractivity contribution >= 4 is 5.91 Å². The van der Waals surface area contributed by atoms with Crippen molar-refractivity contribution in [2.24, 2.45) is 0 Å². The Balaban J connectivity index is 1.64. The molecule has 2 fully saturated rings. The van der Waals surface area contributed by atoms with E-state index in [1.165, 1.54) is 19.3 Å². The lowest BCUT2D eigenvalue weighted by Gasteiger charge is -2.28. The first-order valence-electron chi connectivity index (χ1n) is 7.35. The minimum absolute atomic E-state index is 0.0683. The maximum atomic E-state index is 11.8. The number of hydrogen-bond donors (Lipinski definition) is 2. The van der Waals surface area contributed by atoms with Crippen molar-refractivity contribution < 1.29 is 14.6 Å². The maximum absolute atomic E-state index is 11.8. The molecule has 0 saturated heterocycles. The van der Waals surface area contributed by atoms with Gasteiger partial charge in [0.15, 0.2) is 0 Å². The maximum Gasteiger partial charge on any atom is 0.246 e. The van der Waals surface area contributed by atoms with Crippen molar-refractivity contribution in [1.29, 1.82) is 0 Å². The van der Waals surface area contributed by atoms with Gasteiger partial charge in [0.05, 0.1) is 18.2 Å². The van der Waals surface area contributed by atoms with Crippen LogP contribution in [0.15, 0.2) is 0 Å². The first-order valence-corrected chi connectivity index (χ1v) is 7.35. The highest BCUT2D eigenvalue weighted by atomic mass is 16.5. The lowest BCUT2D eigenvalue weighted by molar-refractivity contribution is -0.130. The van der Waals surface area contributed by atoms with E-state index >= 15 is 0 Å². The standard InChI is InChI=1S/C14H25NO3/c16-13-9-5-4-8-12(13)15-14(17)10-18-11-6-2-1-3-7-11/h11-13,16H,1-10H2,(H,15,17). The highest BCUT2D eigenvalue weighted by molar-refractivity contribution is 5.77. The molecule has 0 spiro atoms. The number of amides is 1. The summed E-state index contributed by atoms with van der Waals surface area (Å²) in [7, 11) is 0. The molecule has 2 saturated carbocycles. The van der Waals surface area contributed by atoms with E-state index in [0.29, 0.717) is 0 Å². The summed E-state index contributed by atoms with van der Waals surface area (Å²) in [6.07, 6.45) is 9.61. The predicted molar refractivity (Wildman–Crippen MR) is 69.2 cm³/mol. The van der Waals surface area contributed by atoms with E-state index in [9.17, 15) is 9.90 Å². The largest absolute Gasteiger partial charge is 0.391 e. The second-order valence-corrected chi connectivity index (χ2v) is 5.60. The molecule has 2 aliphatic carbocycles. The number of carbonyl (C=O) groups is 1. The summed E-state index contributed by atoms with van der Waals surface area (Å²) >= 11 is 0. The molecule has 104 valence electrons. The molecule has 0 aromatic heterocycles. The molecule has 0 aromatic carbocycles. The minimum Gasteiger partial charge on any atom is -0.391 e. The molecule has 2 N–H and O–H groups in total. The van der Waals surface area contributed by atoms with Crippen LogP contribution in [-0.4, -0.2) is 35.9 Å². The van der Waals surface area contributed by atoms with E-state index in [1.54, 1.807) is 0 Å². The smallest absolute Gasteiger partial charge is 0.246 e. The third kappa shape index (κ3) is 4.25. The fraction of sp³-hybridized carbons (Fsp3) is 0.929. The first kappa shape index (κ1) is 13.8. The van der Waals surface area contributed by atoms with E-state index in [2.05, 4.69) is 5.32 Å². The van der Waals surface area contributed by atoms with Gasteiger partial charge in [0.2, 0.25) is 5.91 Å². The van der Waals surface area contributed by atoms with Crippen molar-refractivity contribution in [3.63, 3.8) is 0 Å². The molecule has 0 radical (unpaired) electrons. The Morgan fingerprint density at radius 2 is 1.72 bits per heavy atom. The average molecular weight is 255 g/mol. The van der Waals surface area contributed by atoms with E-state index in [-0.39, 0.29) is 30.8 Å². The van der Waals surface area contributed by atoms with E-state index < -0.39 is 0 Å². The first-order chi connectivity index (χ1) is 8.75. The fourth-order valence-electron chi connectivity index (χ4n) is 2.95. The van der Waals surface area contributed by atoms with Crippen LogP contribution in [0.5, 0.6) is 0 Å². The van der Waals surface area contributed by atoms with Crippen molar-refractivity contribution in [2.45, 2.75) is 76.0 Å². The van der Waals surface area contributed by atoms with Gasteiger partial charge in [-0.05, 0) is 25.7 Å². The van der Waals surface area contributed by atoms with Crippen LogP contribution >= 0.6 is 0 Å².